The molecule has 1 fully saturated rings. The number of oxazole rings is 1. The van der Waals surface area contributed by atoms with Crippen LogP contribution in [0.3, 0.4) is 0 Å². The third-order valence-corrected chi connectivity index (χ3v) is 3.09. The fraction of sp³-hybridized carbons (Fsp3) is 0.583. The van der Waals surface area contributed by atoms with Gasteiger partial charge in [-0.2, -0.15) is 4.98 Å². The molecular weight excluding hydrogens is 268 g/mol. The Balaban J connectivity index is 2.11. The van der Waals surface area contributed by atoms with Crippen molar-refractivity contribution in [3.8, 4) is 0 Å². The van der Waals surface area contributed by atoms with Crippen molar-refractivity contribution in [3.63, 3.8) is 0 Å². The second kappa shape index (κ2) is 5.91. The van der Waals surface area contributed by atoms with E-state index in [1.807, 2.05) is 0 Å². The number of hydrogen-bond donors (Lipinski definition) is 2. The number of nitrogens with one attached hydrogen (secondary N) is 1. The third kappa shape index (κ3) is 2.90. The van der Waals surface area contributed by atoms with E-state index in [1.54, 1.807) is 6.92 Å². The number of esters is 1. The minimum atomic E-state index is -1.19. The van der Waals surface area contributed by atoms with Crippen molar-refractivity contribution in [3.05, 3.63) is 12.0 Å². The molecule has 110 valence electrons. The zero-order valence-electron chi connectivity index (χ0n) is 11.0. The van der Waals surface area contributed by atoms with Crippen molar-refractivity contribution in [1.29, 1.82) is 0 Å². The van der Waals surface area contributed by atoms with E-state index in [1.165, 1.54) is 0 Å². The van der Waals surface area contributed by atoms with E-state index >= 15 is 0 Å². The van der Waals surface area contributed by atoms with Crippen LogP contribution in [0.5, 0.6) is 0 Å². The van der Waals surface area contributed by atoms with Gasteiger partial charge in [-0.1, -0.05) is 0 Å². The number of aliphatic carboxylic acids is 1. The molecule has 8 nitrogen and oxygen atoms in total. The lowest BCUT2D eigenvalue weighted by atomic mass is 9.90. The Hall–Kier alpha value is -2.09. The summed E-state index contributed by atoms with van der Waals surface area (Å²) >= 11 is 0. The zero-order chi connectivity index (χ0) is 14.6. The molecule has 0 atom stereocenters. The Labute approximate surface area is 115 Å². The van der Waals surface area contributed by atoms with Crippen LogP contribution < -0.4 is 5.32 Å². The van der Waals surface area contributed by atoms with Crippen LogP contribution in [-0.4, -0.2) is 47.4 Å². The van der Waals surface area contributed by atoms with Crippen LogP contribution in [0.4, 0.5) is 6.01 Å². The Morgan fingerprint density at radius 1 is 1.50 bits per heavy atom. The number of carbonyl (C=O) groups is 2. The summed E-state index contributed by atoms with van der Waals surface area (Å²) in [6.45, 7) is 2.58. The molecule has 1 aromatic heterocycles. The van der Waals surface area contributed by atoms with Crippen LogP contribution in [0.25, 0.3) is 0 Å². The average Bonchev–Trinajstić information content (AvgIpc) is 2.88. The molecule has 20 heavy (non-hydrogen) atoms. The van der Waals surface area contributed by atoms with E-state index < -0.39 is 17.5 Å². The van der Waals surface area contributed by atoms with E-state index in [9.17, 15) is 14.7 Å². The van der Waals surface area contributed by atoms with Gasteiger partial charge in [-0.25, -0.2) is 9.59 Å². The predicted molar refractivity (Wildman–Crippen MR) is 66.5 cm³/mol. The SMILES string of the molecule is CCOC(=O)c1coc(NC2(C(=O)O)CCOCC2)n1. The summed E-state index contributed by atoms with van der Waals surface area (Å²) in [5.41, 5.74) is -1.18. The predicted octanol–water partition coefficient (Wildman–Crippen LogP) is 0.897. The Morgan fingerprint density at radius 2 is 2.20 bits per heavy atom. The molecule has 0 spiro atoms. The fourth-order valence-corrected chi connectivity index (χ4v) is 1.95. The zero-order valence-corrected chi connectivity index (χ0v) is 11.0. The van der Waals surface area contributed by atoms with Gasteiger partial charge in [0.25, 0.3) is 6.01 Å². The molecule has 0 aromatic carbocycles. The lowest BCUT2D eigenvalue weighted by molar-refractivity contribution is -0.145. The maximum absolute atomic E-state index is 11.5. The highest BCUT2D eigenvalue weighted by atomic mass is 16.5. The van der Waals surface area contributed by atoms with Crippen molar-refractivity contribution >= 4 is 18.0 Å². The summed E-state index contributed by atoms with van der Waals surface area (Å²) in [6.07, 6.45) is 1.72. The van der Waals surface area contributed by atoms with E-state index in [4.69, 9.17) is 13.9 Å². The molecule has 0 radical (unpaired) electrons. The Kier molecular flexibility index (Phi) is 4.23. The molecule has 2 rings (SSSR count). The molecular formula is C12H16N2O6. The average molecular weight is 284 g/mol. The van der Waals surface area contributed by atoms with Gasteiger partial charge in [-0.3, -0.25) is 0 Å². The second-order valence-corrected chi connectivity index (χ2v) is 4.38. The molecule has 1 saturated heterocycles. The first kappa shape index (κ1) is 14.3. The number of nitrogens with zero attached hydrogens (tertiary/aromatic N) is 1. The summed E-state index contributed by atoms with van der Waals surface area (Å²) in [5, 5.41) is 12.1. The van der Waals surface area contributed by atoms with E-state index in [2.05, 4.69) is 10.3 Å². The standard InChI is InChI=1S/C12H16N2O6/c1-2-19-9(15)8-7-20-11(13-8)14-12(10(16)17)3-5-18-6-4-12/h7H,2-6H2,1H3,(H,13,14)(H,16,17). The van der Waals surface area contributed by atoms with Gasteiger partial charge in [0.2, 0.25) is 0 Å². The van der Waals surface area contributed by atoms with Crippen LogP contribution in [0.15, 0.2) is 10.7 Å². The number of hydrogen-bond acceptors (Lipinski definition) is 7. The first-order valence-corrected chi connectivity index (χ1v) is 6.29. The molecule has 1 aliphatic rings. The highest BCUT2D eigenvalue weighted by Crippen LogP contribution is 2.26. The summed E-state index contributed by atoms with van der Waals surface area (Å²) in [7, 11) is 0. The van der Waals surface area contributed by atoms with Crippen molar-refractivity contribution < 1.29 is 28.6 Å². The minimum absolute atomic E-state index is 0.00180. The summed E-state index contributed by atoms with van der Waals surface area (Å²) < 4.78 is 15.0. The van der Waals surface area contributed by atoms with Gasteiger partial charge < -0.3 is 24.3 Å². The quantitative estimate of drug-likeness (QED) is 0.767. The van der Waals surface area contributed by atoms with E-state index in [0.717, 1.165) is 6.26 Å². The number of rotatable bonds is 5. The summed E-state index contributed by atoms with van der Waals surface area (Å²) in [6, 6.07) is -0.0163. The number of ether oxygens (including phenoxy) is 2. The van der Waals surface area contributed by atoms with Gasteiger partial charge in [-0.15, -0.1) is 0 Å². The van der Waals surface area contributed by atoms with Crippen LogP contribution >= 0.6 is 0 Å². The molecule has 2 heterocycles. The molecule has 8 heteroatoms. The van der Waals surface area contributed by atoms with Crippen LogP contribution in [0.2, 0.25) is 0 Å². The minimum Gasteiger partial charge on any atom is -0.480 e. The van der Waals surface area contributed by atoms with Crippen molar-refractivity contribution in [2.75, 3.05) is 25.1 Å². The third-order valence-electron chi connectivity index (χ3n) is 3.09. The van der Waals surface area contributed by atoms with Crippen LogP contribution in [-0.2, 0) is 14.3 Å². The first-order chi connectivity index (χ1) is 9.57. The number of carboxylic acid groups (broad SMARTS) is 1. The number of anilines is 1. The lowest BCUT2D eigenvalue weighted by Gasteiger charge is -2.33. The Bertz CT molecular complexity index is 492. The van der Waals surface area contributed by atoms with Crippen molar-refractivity contribution in [1.82, 2.24) is 4.98 Å². The monoisotopic (exact) mass is 284 g/mol. The summed E-state index contributed by atoms with van der Waals surface area (Å²) in [4.78, 5) is 26.8. The molecule has 0 amide bonds. The Morgan fingerprint density at radius 3 is 2.80 bits per heavy atom. The smallest absolute Gasteiger partial charge is 0.360 e. The van der Waals surface area contributed by atoms with Crippen molar-refractivity contribution in [2.24, 2.45) is 0 Å². The summed E-state index contributed by atoms with van der Waals surface area (Å²) in [5.74, 6) is -1.61. The van der Waals surface area contributed by atoms with E-state index in [-0.39, 0.29) is 18.3 Å². The number of carboxylic acids is 1. The molecule has 1 aromatic rings. The van der Waals surface area contributed by atoms with Crippen LogP contribution in [0.1, 0.15) is 30.3 Å². The van der Waals surface area contributed by atoms with Gasteiger partial charge in [0, 0.05) is 26.1 Å². The van der Waals surface area contributed by atoms with Gasteiger partial charge in [-0.05, 0) is 6.92 Å². The van der Waals surface area contributed by atoms with Crippen molar-refractivity contribution in [2.45, 2.75) is 25.3 Å². The normalized spacial score (nSPS) is 17.4. The lowest BCUT2D eigenvalue weighted by Crippen LogP contribution is -2.50. The number of aromatic nitrogens is 1. The maximum Gasteiger partial charge on any atom is 0.360 e. The second-order valence-electron chi connectivity index (χ2n) is 4.38. The van der Waals surface area contributed by atoms with Crippen LogP contribution in [0, 0.1) is 0 Å². The number of carbonyl (C=O) groups excluding carboxylic acids is 1. The molecule has 0 bridgehead atoms. The maximum atomic E-state index is 11.5. The first-order valence-electron chi connectivity index (χ1n) is 6.29. The molecule has 0 saturated carbocycles. The molecule has 0 unspecified atom stereocenters. The molecule has 1 aliphatic heterocycles. The van der Waals surface area contributed by atoms with Gasteiger partial charge in [0.15, 0.2) is 5.69 Å². The highest BCUT2D eigenvalue weighted by molar-refractivity contribution is 5.87. The van der Waals surface area contributed by atoms with Gasteiger partial charge >= 0.3 is 11.9 Å². The van der Waals surface area contributed by atoms with Gasteiger partial charge in [0.1, 0.15) is 11.8 Å². The van der Waals surface area contributed by atoms with Gasteiger partial charge in [0.05, 0.1) is 6.61 Å². The highest BCUT2D eigenvalue weighted by Gasteiger charge is 2.41. The largest absolute Gasteiger partial charge is 0.480 e. The topological polar surface area (TPSA) is 111 Å². The fourth-order valence-electron chi connectivity index (χ4n) is 1.95. The van der Waals surface area contributed by atoms with E-state index in [0.29, 0.717) is 26.1 Å². The molecule has 0 aliphatic carbocycles. The molecule has 2 N–H and O–H groups in total.